The molecule has 160 valence electrons. The zero-order valence-electron chi connectivity index (χ0n) is 17.7. The number of aryl methyl sites for hydroxylation is 1. The Bertz CT molecular complexity index is 1270. The van der Waals surface area contributed by atoms with Crippen LogP contribution in [0.3, 0.4) is 0 Å². The lowest BCUT2D eigenvalue weighted by Crippen LogP contribution is -2.12. The van der Waals surface area contributed by atoms with E-state index in [0.29, 0.717) is 11.4 Å². The summed E-state index contributed by atoms with van der Waals surface area (Å²) in [7, 11) is 0. The Morgan fingerprint density at radius 1 is 0.938 bits per heavy atom. The lowest BCUT2D eigenvalue weighted by atomic mass is 10.2. The molecule has 0 aliphatic rings. The highest BCUT2D eigenvalue weighted by Crippen LogP contribution is 2.20. The number of amides is 2. The fourth-order valence-corrected chi connectivity index (χ4v) is 3.33. The quantitative estimate of drug-likeness (QED) is 0.425. The summed E-state index contributed by atoms with van der Waals surface area (Å²) >= 11 is 0. The van der Waals surface area contributed by atoms with Crippen molar-refractivity contribution in [1.82, 2.24) is 9.78 Å². The summed E-state index contributed by atoms with van der Waals surface area (Å²) < 4.78 is 6.95. The molecule has 2 aromatic carbocycles. The first-order chi connectivity index (χ1) is 15.5. The van der Waals surface area contributed by atoms with E-state index < -0.39 is 0 Å². The number of furan rings is 1. The Kier molecular flexibility index (Phi) is 5.98. The fourth-order valence-electron chi connectivity index (χ4n) is 3.33. The molecule has 0 fully saturated rings. The molecule has 2 aromatic heterocycles. The van der Waals surface area contributed by atoms with Gasteiger partial charge in [0.05, 0.1) is 17.6 Å². The molecule has 0 saturated carbocycles. The van der Waals surface area contributed by atoms with Gasteiger partial charge < -0.3 is 15.1 Å². The molecule has 32 heavy (non-hydrogen) atoms. The largest absolute Gasteiger partial charge is 0.459 e. The van der Waals surface area contributed by atoms with Gasteiger partial charge in [-0.2, -0.15) is 5.10 Å². The summed E-state index contributed by atoms with van der Waals surface area (Å²) in [6.07, 6.45) is 4.67. The molecule has 0 saturated heterocycles. The third-order valence-electron chi connectivity index (χ3n) is 4.88. The fraction of sp³-hybridized carbons (Fsp3) is 0.0800. The first kappa shape index (κ1) is 20.9. The van der Waals surface area contributed by atoms with E-state index >= 15 is 0 Å². The van der Waals surface area contributed by atoms with Crippen molar-refractivity contribution in [1.29, 1.82) is 0 Å². The Balaban J connectivity index is 1.44. The lowest BCUT2D eigenvalue weighted by molar-refractivity contribution is -0.111. The van der Waals surface area contributed by atoms with Crippen LogP contribution in [-0.2, 0) is 4.79 Å². The molecule has 4 aromatic rings. The summed E-state index contributed by atoms with van der Waals surface area (Å²) in [5.74, 6) is -0.435. The van der Waals surface area contributed by atoms with Crippen LogP contribution < -0.4 is 10.6 Å². The molecule has 0 aliphatic carbocycles. The predicted octanol–water partition coefficient (Wildman–Crippen LogP) is 4.99. The number of nitrogens with one attached hydrogen (secondary N) is 2. The number of hydrogen-bond acceptors (Lipinski definition) is 4. The van der Waals surface area contributed by atoms with Crippen molar-refractivity contribution in [2.24, 2.45) is 0 Å². The van der Waals surface area contributed by atoms with Crippen LogP contribution in [-0.4, -0.2) is 21.6 Å². The molecular weight excluding hydrogens is 404 g/mol. The Hall–Kier alpha value is -4.39. The van der Waals surface area contributed by atoms with E-state index in [1.807, 2.05) is 48.9 Å². The summed E-state index contributed by atoms with van der Waals surface area (Å²) in [5.41, 5.74) is 4.74. The number of nitrogens with zero attached hydrogens (tertiary/aromatic N) is 2. The van der Waals surface area contributed by atoms with Gasteiger partial charge in [0.2, 0.25) is 5.91 Å². The monoisotopic (exact) mass is 426 g/mol. The molecule has 2 amide bonds. The first-order valence-electron chi connectivity index (χ1n) is 10.1. The summed E-state index contributed by atoms with van der Waals surface area (Å²) in [4.78, 5) is 24.6. The number of hydrogen-bond donors (Lipinski definition) is 2. The average Bonchev–Trinajstić information content (AvgIpc) is 3.42. The van der Waals surface area contributed by atoms with Crippen LogP contribution in [0.1, 0.15) is 27.5 Å². The van der Waals surface area contributed by atoms with E-state index in [1.165, 1.54) is 12.3 Å². The summed E-state index contributed by atoms with van der Waals surface area (Å²) in [6, 6.07) is 20.0. The molecule has 0 unspecified atom stereocenters. The van der Waals surface area contributed by atoms with Crippen LogP contribution in [0, 0.1) is 13.8 Å². The lowest BCUT2D eigenvalue weighted by Gasteiger charge is -2.07. The van der Waals surface area contributed by atoms with Gasteiger partial charge in [-0.15, -0.1) is 0 Å². The number of aromatic nitrogens is 2. The molecule has 2 N–H and O–H groups in total. The SMILES string of the molecule is Cc1nn(-c2ccccc2)c(C)c1/C=C/C(=O)Nc1cccc(NC(=O)c2ccco2)c1. The summed E-state index contributed by atoms with van der Waals surface area (Å²) in [6.45, 7) is 3.88. The third kappa shape index (κ3) is 4.67. The van der Waals surface area contributed by atoms with Gasteiger partial charge in [-0.05, 0) is 62.4 Å². The van der Waals surface area contributed by atoms with E-state index in [2.05, 4.69) is 15.7 Å². The third-order valence-corrected chi connectivity index (χ3v) is 4.88. The maximum Gasteiger partial charge on any atom is 0.291 e. The van der Waals surface area contributed by atoms with Crippen molar-refractivity contribution in [3.05, 3.63) is 102 Å². The topological polar surface area (TPSA) is 89.2 Å². The van der Waals surface area contributed by atoms with Crippen LogP contribution in [0.15, 0.2) is 83.5 Å². The van der Waals surface area contributed by atoms with Crippen molar-refractivity contribution in [2.75, 3.05) is 10.6 Å². The Morgan fingerprint density at radius 2 is 1.69 bits per heavy atom. The van der Waals surface area contributed by atoms with E-state index in [-0.39, 0.29) is 17.6 Å². The van der Waals surface area contributed by atoms with Crippen LogP contribution in [0.2, 0.25) is 0 Å². The zero-order chi connectivity index (χ0) is 22.5. The second kappa shape index (κ2) is 9.18. The Labute approximate surface area is 185 Å². The van der Waals surface area contributed by atoms with Crippen molar-refractivity contribution in [2.45, 2.75) is 13.8 Å². The van der Waals surface area contributed by atoms with Gasteiger partial charge >= 0.3 is 0 Å². The maximum atomic E-state index is 12.5. The van der Waals surface area contributed by atoms with Crippen molar-refractivity contribution in [3.8, 4) is 5.69 Å². The summed E-state index contributed by atoms with van der Waals surface area (Å²) in [5, 5.41) is 10.1. The zero-order valence-corrected chi connectivity index (χ0v) is 17.7. The highest BCUT2D eigenvalue weighted by molar-refractivity contribution is 6.04. The highest BCUT2D eigenvalue weighted by Gasteiger charge is 2.11. The molecule has 4 rings (SSSR count). The number of para-hydroxylation sites is 1. The van der Waals surface area contributed by atoms with E-state index in [4.69, 9.17) is 4.42 Å². The molecule has 2 heterocycles. The van der Waals surface area contributed by atoms with Crippen LogP contribution >= 0.6 is 0 Å². The van der Waals surface area contributed by atoms with Crippen LogP contribution in [0.4, 0.5) is 11.4 Å². The highest BCUT2D eigenvalue weighted by atomic mass is 16.3. The number of benzene rings is 2. The predicted molar refractivity (Wildman–Crippen MR) is 124 cm³/mol. The van der Waals surface area contributed by atoms with Crippen molar-refractivity contribution < 1.29 is 14.0 Å². The second-order valence-electron chi connectivity index (χ2n) is 7.17. The van der Waals surface area contributed by atoms with Gasteiger partial charge in [0.25, 0.3) is 5.91 Å². The molecule has 7 heteroatoms. The molecule has 0 aliphatic heterocycles. The van der Waals surface area contributed by atoms with Gasteiger partial charge in [-0.25, -0.2) is 4.68 Å². The number of carbonyl (C=O) groups is 2. The molecule has 0 spiro atoms. The minimum Gasteiger partial charge on any atom is -0.459 e. The molecule has 0 bridgehead atoms. The molecular formula is C25H22N4O3. The molecule has 0 radical (unpaired) electrons. The number of carbonyl (C=O) groups excluding carboxylic acids is 2. The van der Waals surface area contributed by atoms with Gasteiger partial charge in [0.15, 0.2) is 5.76 Å². The van der Waals surface area contributed by atoms with Gasteiger partial charge in [0.1, 0.15) is 0 Å². The smallest absolute Gasteiger partial charge is 0.291 e. The minimum atomic E-state index is -0.361. The van der Waals surface area contributed by atoms with E-state index in [9.17, 15) is 9.59 Å². The van der Waals surface area contributed by atoms with Crippen molar-refractivity contribution in [3.63, 3.8) is 0 Å². The van der Waals surface area contributed by atoms with Gasteiger partial charge in [-0.3, -0.25) is 9.59 Å². The van der Waals surface area contributed by atoms with Crippen molar-refractivity contribution >= 4 is 29.3 Å². The maximum absolute atomic E-state index is 12.5. The van der Waals surface area contributed by atoms with E-state index in [1.54, 1.807) is 42.5 Å². The second-order valence-corrected chi connectivity index (χ2v) is 7.17. The number of rotatable bonds is 6. The Morgan fingerprint density at radius 3 is 2.41 bits per heavy atom. The number of anilines is 2. The van der Waals surface area contributed by atoms with Gasteiger partial charge in [-0.1, -0.05) is 24.3 Å². The molecule has 0 atom stereocenters. The van der Waals surface area contributed by atoms with E-state index in [0.717, 1.165) is 22.6 Å². The average molecular weight is 426 g/mol. The van der Waals surface area contributed by atoms with Crippen LogP contribution in [0.5, 0.6) is 0 Å². The first-order valence-corrected chi connectivity index (χ1v) is 10.1. The minimum absolute atomic E-state index is 0.212. The van der Waals surface area contributed by atoms with Crippen LogP contribution in [0.25, 0.3) is 11.8 Å². The normalized spacial score (nSPS) is 10.9. The molecule has 7 nitrogen and oxygen atoms in total. The van der Waals surface area contributed by atoms with Gasteiger partial charge in [0, 0.05) is 28.7 Å². The standard InChI is InChI=1S/C25H22N4O3/c1-17-22(18(2)29(28-17)21-10-4-3-5-11-21)13-14-24(30)26-19-8-6-9-20(16-19)27-25(31)23-12-7-15-32-23/h3-16H,1-2H3,(H,26,30)(H,27,31)/b14-13+.